The first-order chi connectivity index (χ1) is 7.47. The molecular weight excluding hydrogens is 204 g/mol. The highest BCUT2D eigenvalue weighted by molar-refractivity contribution is 6.19. The van der Waals surface area contributed by atoms with Gasteiger partial charge in [-0.05, 0) is 37.1 Å². The number of allylic oxidation sites excluding steroid dienone is 1. The lowest BCUT2D eigenvalue weighted by Crippen LogP contribution is -2.15. The van der Waals surface area contributed by atoms with E-state index >= 15 is 0 Å². The molecule has 0 heterocycles. The molecule has 16 heavy (non-hydrogen) atoms. The maximum atomic E-state index is 11.3. The first-order valence-corrected chi connectivity index (χ1v) is 4.95. The predicted octanol–water partition coefficient (Wildman–Crippen LogP) is 1.81. The van der Waals surface area contributed by atoms with Crippen molar-refractivity contribution in [3.8, 4) is 0 Å². The van der Waals surface area contributed by atoms with Gasteiger partial charge in [0.15, 0.2) is 0 Å². The van der Waals surface area contributed by atoms with Gasteiger partial charge in [0.2, 0.25) is 0 Å². The third-order valence-electron chi connectivity index (χ3n) is 2.40. The number of rotatable bonds is 3. The first kappa shape index (κ1) is 12.1. The number of aliphatic hydroxyl groups excluding tert-OH is 1. The Hall–Kier alpha value is -1.97. The van der Waals surface area contributed by atoms with Crippen LogP contribution in [0, 0.1) is 6.92 Å². The zero-order valence-electron chi connectivity index (χ0n) is 9.66. The molecule has 0 aliphatic carbocycles. The summed E-state index contributed by atoms with van der Waals surface area (Å²) in [6.45, 7) is 3.31. The molecule has 0 aliphatic heterocycles. The van der Waals surface area contributed by atoms with Crippen molar-refractivity contribution in [1.82, 2.24) is 0 Å². The van der Waals surface area contributed by atoms with Gasteiger partial charge in [-0.3, -0.25) is 4.79 Å². The molecule has 0 unspecified atom stereocenters. The van der Waals surface area contributed by atoms with E-state index in [0.29, 0.717) is 5.56 Å². The van der Waals surface area contributed by atoms with Crippen molar-refractivity contribution >= 4 is 17.2 Å². The molecule has 0 aromatic heterocycles. The quantitative estimate of drug-likeness (QED) is 0.537. The minimum absolute atomic E-state index is 0.0659. The Bertz CT molecular complexity index is 446. The van der Waals surface area contributed by atoms with Crippen molar-refractivity contribution in [2.75, 3.05) is 12.4 Å². The standard InChI is InChI=1S/C12H16N2O2/c1-7-4-5-9(14-3)6-10(7)11(8(2)15)12(13)16/h4-6,14-15H,1-3H3,(H2,13,16)/b11-8-. The molecule has 1 aromatic carbocycles. The lowest BCUT2D eigenvalue weighted by Gasteiger charge is -2.11. The van der Waals surface area contributed by atoms with Crippen LogP contribution in [0.15, 0.2) is 24.0 Å². The molecule has 0 bridgehead atoms. The van der Waals surface area contributed by atoms with Gasteiger partial charge in [0.1, 0.15) is 5.76 Å². The number of anilines is 1. The van der Waals surface area contributed by atoms with Crippen molar-refractivity contribution in [2.24, 2.45) is 5.73 Å². The van der Waals surface area contributed by atoms with Crippen molar-refractivity contribution in [1.29, 1.82) is 0 Å². The molecule has 1 aromatic rings. The maximum absolute atomic E-state index is 11.3. The van der Waals surface area contributed by atoms with Crippen LogP contribution >= 0.6 is 0 Å². The highest BCUT2D eigenvalue weighted by atomic mass is 16.3. The SMILES string of the molecule is CNc1ccc(C)c(/C(C(N)=O)=C(\C)O)c1. The Labute approximate surface area is 94.8 Å². The monoisotopic (exact) mass is 220 g/mol. The molecule has 1 rings (SSSR count). The number of primary amides is 1. The predicted molar refractivity (Wildman–Crippen MR) is 65.1 cm³/mol. The number of carbonyl (C=O) groups excluding carboxylic acids is 1. The zero-order valence-corrected chi connectivity index (χ0v) is 9.66. The maximum Gasteiger partial charge on any atom is 0.252 e. The highest BCUT2D eigenvalue weighted by Gasteiger charge is 2.14. The van der Waals surface area contributed by atoms with Gasteiger partial charge in [0.25, 0.3) is 5.91 Å². The van der Waals surface area contributed by atoms with Crippen LogP contribution in [0.2, 0.25) is 0 Å². The summed E-state index contributed by atoms with van der Waals surface area (Å²) >= 11 is 0. The number of aryl methyl sites for hydroxylation is 1. The van der Waals surface area contributed by atoms with Crippen LogP contribution in [-0.4, -0.2) is 18.1 Å². The highest BCUT2D eigenvalue weighted by Crippen LogP contribution is 2.24. The van der Waals surface area contributed by atoms with Gasteiger partial charge in [-0.25, -0.2) is 0 Å². The third kappa shape index (κ3) is 2.34. The summed E-state index contributed by atoms with van der Waals surface area (Å²) in [5.74, 6) is -0.694. The summed E-state index contributed by atoms with van der Waals surface area (Å²) in [5.41, 5.74) is 7.82. The summed E-state index contributed by atoms with van der Waals surface area (Å²) in [6.07, 6.45) is 0. The van der Waals surface area contributed by atoms with Crippen LogP contribution in [-0.2, 0) is 4.79 Å². The molecule has 0 spiro atoms. The average molecular weight is 220 g/mol. The lowest BCUT2D eigenvalue weighted by atomic mass is 9.98. The second-order valence-corrected chi connectivity index (χ2v) is 3.60. The number of nitrogens with one attached hydrogen (secondary N) is 1. The zero-order chi connectivity index (χ0) is 12.3. The van der Waals surface area contributed by atoms with E-state index in [1.54, 1.807) is 13.1 Å². The molecular formula is C12H16N2O2. The molecule has 0 atom stereocenters. The summed E-state index contributed by atoms with van der Waals surface area (Å²) < 4.78 is 0. The van der Waals surface area contributed by atoms with E-state index in [4.69, 9.17) is 5.73 Å². The van der Waals surface area contributed by atoms with Crippen LogP contribution < -0.4 is 11.1 Å². The summed E-state index contributed by atoms with van der Waals surface area (Å²) in [5, 5.41) is 12.5. The fraction of sp³-hybridized carbons (Fsp3) is 0.250. The largest absolute Gasteiger partial charge is 0.512 e. The number of benzene rings is 1. The van der Waals surface area contributed by atoms with E-state index in [2.05, 4.69) is 5.32 Å². The normalized spacial score (nSPS) is 11.9. The van der Waals surface area contributed by atoms with Gasteiger partial charge >= 0.3 is 0 Å². The molecule has 0 saturated carbocycles. The molecule has 1 amide bonds. The number of amides is 1. The number of carbonyl (C=O) groups is 1. The smallest absolute Gasteiger partial charge is 0.252 e. The Balaban J connectivity index is 3.41. The number of hydrogen-bond donors (Lipinski definition) is 3. The van der Waals surface area contributed by atoms with E-state index in [1.165, 1.54) is 6.92 Å². The molecule has 0 aliphatic rings. The number of aliphatic hydroxyl groups is 1. The fourth-order valence-electron chi connectivity index (χ4n) is 1.55. The average Bonchev–Trinajstić information content (AvgIpc) is 2.20. The molecule has 4 nitrogen and oxygen atoms in total. The Morgan fingerprint density at radius 1 is 1.44 bits per heavy atom. The van der Waals surface area contributed by atoms with Gasteiger partial charge in [0.05, 0.1) is 5.57 Å². The Morgan fingerprint density at radius 3 is 2.50 bits per heavy atom. The minimum atomic E-state index is -0.628. The number of hydrogen-bond acceptors (Lipinski definition) is 3. The third-order valence-corrected chi connectivity index (χ3v) is 2.40. The summed E-state index contributed by atoms with van der Waals surface area (Å²) in [4.78, 5) is 11.3. The molecule has 0 radical (unpaired) electrons. The molecule has 0 fully saturated rings. The van der Waals surface area contributed by atoms with Crippen LogP contribution in [0.25, 0.3) is 5.57 Å². The molecule has 4 N–H and O–H groups in total. The fourth-order valence-corrected chi connectivity index (χ4v) is 1.55. The topological polar surface area (TPSA) is 75.3 Å². The minimum Gasteiger partial charge on any atom is -0.512 e. The van der Waals surface area contributed by atoms with E-state index in [0.717, 1.165) is 11.3 Å². The summed E-state index contributed by atoms with van der Waals surface area (Å²) in [7, 11) is 1.79. The van der Waals surface area contributed by atoms with Crippen molar-refractivity contribution < 1.29 is 9.90 Å². The van der Waals surface area contributed by atoms with Crippen LogP contribution in [0.5, 0.6) is 0 Å². The molecule has 86 valence electrons. The Kier molecular flexibility index (Phi) is 3.55. The van der Waals surface area contributed by atoms with Gasteiger partial charge in [-0.1, -0.05) is 6.07 Å². The van der Waals surface area contributed by atoms with Crippen molar-refractivity contribution in [3.63, 3.8) is 0 Å². The second-order valence-electron chi connectivity index (χ2n) is 3.60. The van der Waals surface area contributed by atoms with Crippen LogP contribution in [0.1, 0.15) is 18.1 Å². The molecule has 4 heteroatoms. The van der Waals surface area contributed by atoms with Gasteiger partial charge in [0, 0.05) is 12.7 Å². The van der Waals surface area contributed by atoms with E-state index in [1.807, 2.05) is 19.1 Å². The van der Waals surface area contributed by atoms with Crippen molar-refractivity contribution in [2.45, 2.75) is 13.8 Å². The van der Waals surface area contributed by atoms with Gasteiger partial charge < -0.3 is 16.2 Å². The van der Waals surface area contributed by atoms with E-state index in [9.17, 15) is 9.90 Å². The Morgan fingerprint density at radius 2 is 2.06 bits per heavy atom. The van der Waals surface area contributed by atoms with Gasteiger partial charge in [-0.2, -0.15) is 0 Å². The summed E-state index contributed by atoms with van der Waals surface area (Å²) in [6, 6.07) is 5.55. The molecule has 0 saturated heterocycles. The van der Waals surface area contributed by atoms with E-state index in [-0.39, 0.29) is 11.3 Å². The lowest BCUT2D eigenvalue weighted by molar-refractivity contribution is -0.112. The van der Waals surface area contributed by atoms with Crippen molar-refractivity contribution in [3.05, 3.63) is 35.1 Å². The van der Waals surface area contributed by atoms with E-state index < -0.39 is 5.91 Å². The van der Waals surface area contributed by atoms with Crippen LogP contribution in [0.3, 0.4) is 0 Å². The first-order valence-electron chi connectivity index (χ1n) is 4.95. The second kappa shape index (κ2) is 4.70. The van der Waals surface area contributed by atoms with Crippen LogP contribution in [0.4, 0.5) is 5.69 Å². The van der Waals surface area contributed by atoms with Gasteiger partial charge in [-0.15, -0.1) is 0 Å². The number of nitrogens with two attached hydrogens (primary N) is 1.